The van der Waals surface area contributed by atoms with Gasteiger partial charge in [0.15, 0.2) is 0 Å². The van der Waals surface area contributed by atoms with Crippen LogP contribution in [0.25, 0.3) is 0 Å². The van der Waals surface area contributed by atoms with E-state index in [1.807, 2.05) is 36.7 Å². The number of aromatic nitrogens is 2. The summed E-state index contributed by atoms with van der Waals surface area (Å²) in [6.45, 7) is 4.07. The van der Waals surface area contributed by atoms with Crippen molar-refractivity contribution in [1.82, 2.24) is 9.78 Å². The third kappa shape index (κ3) is 2.97. The second-order valence-corrected chi connectivity index (χ2v) is 6.24. The van der Waals surface area contributed by atoms with Crippen LogP contribution in [0, 0.1) is 0 Å². The monoisotopic (exact) mass is 361 g/mol. The van der Waals surface area contributed by atoms with Gasteiger partial charge in [0.2, 0.25) is 0 Å². The highest BCUT2D eigenvalue weighted by molar-refractivity contribution is 9.10. The highest BCUT2D eigenvalue weighted by Gasteiger charge is 2.20. The lowest BCUT2D eigenvalue weighted by atomic mass is 10.0. The zero-order valence-electron chi connectivity index (χ0n) is 10.6. The Labute approximate surface area is 130 Å². The maximum Gasteiger partial charge on any atom is 0.0837 e. The summed E-state index contributed by atoms with van der Waals surface area (Å²) in [5.74, 6) is 0. The topological polar surface area (TPSA) is 43.8 Å². The van der Waals surface area contributed by atoms with Gasteiger partial charge in [0.05, 0.1) is 28.0 Å². The summed E-state index contributed by atoms with van der Waals surface area (Å²) in [5.41, 5.74) is 8.00. The van der Waals surface area contributed by atoms with Crippen LogP contribution < -0.4 is 5.73 Å². The van der Waals surface area contributed by atoms with Crippen LogP contribution in [0.3, 0.4) is 0 Å². The summed E-state index contributed by atoms with van der Waals surface area (Å²) < 4.78 is 2.68. The van der Waals surface area contributed by atoms with Gasteiger partial charge in [-0.25, -0.2) is 0 Å². The molecule has 1 unspecified atom stereocenters. The predicted octanol–water partition coefficient (Wildman–Crippen LogP) is 4.58. The number of hydrogen-bond donors (Lipinski definition) is 1. The molecule has 6 heteroatoms. The molecular weight excluding hydrogens is 349 g/mol. The van der Waals surface area contributed by atoms with Gasteiger partial charge in [-0.05, 0) is 47.5 Å². The molecule has 102 valence electrons. The first kappa shape index (κ1) is 14.9. The van der Waals surface area contributed by atoms with Crippen molar-refractivity contribution in [1.29, 1.82) is 0 Å². The number of rotatable bonds is 3. The van der Waals surface area contributed by atoms with Crippen LogP contribution in [0.15, 0.2) is 28.9 Å². The first-order chi connectivity index (χ1) is 8.91. The fourth-order valence-corrected chi connectivity index (χ4v) is 2.60. The first-order valence-electron chi connectivity index (χ1n) is 5.85. The van der Waals surface area contributed by atoms with E-state index < -0.39 is 0 Å². The minimum atomic E-state index is -0.358. The van der Waals surface area contributed by atoms with Gasteiger partial charge in [0.25, 0.3) is 0 Å². The molecule has 19 heavy (non-hydrogen) atoms. The van der Waals surface area contributed by atoms with Crippen molar-refractivity contribution in [2.45, 2.75) is 25.9 Å². The Morgan fingerprint density at radius 2 is 1.95 bits per heavy atom. The minimum absolute atomic E-state index is 0.194. The third-order valence-electron chi connectivity index (χ3n) is 2.87. The molecule has 0 saturated heterocycles. The van der Waals surface area contributed by atoms with Crippen LogP contribution in [-0.2, 0) is 0 Å². The Morgan fingerprint density at radius 1 is 1.26 bits per heavy atom. The van der Waals surface area contributed by atoms with Crippen LogP contribution in [0.1, 0.15) is 37.2 Å². The van der Waals surface area contributed by atoms with Gasteiger partial charge in [-0.15, -0.1) is 0 Å². The number of halogens is 3. The predicted molar refractivity (Wildman–Crippen MR) is 82.8 cm³/mol. The van der Waals surface area contributed by atoms with Gasteiger partial charge in [-0.1, -0.05) is 29.3 Å². The number of hydrogen-bond acceptors (Lipinski definition) is 2. The molecule has 1 atom stereocenters. The Morgan fingerprint density at radius 3 is 2.53 bits per heavy atom. The zero-order chi connectivity index (χ0) is 14.2. The lowest BCUT2D eigenvalue weighted by Gasteiger charge is -2.18. The van der Waals surface area contributed by atoms with Crippen molar-refractivity contribution in [3.05, 3.63) is 50.2 Å². The lowest BCUT2D eigenvalue weighted by molar-refractivity contribution is 0.499. The van der Waals surface area contributed by atoms with Gasteiger partial charge < -0.3 is 5.73 Å². The van der Waals surface area contributed by atoms with Crippen molar-refractivity contribution in [3.63, 3.8) is 0 Å². The van der Waals surface area contributed by atoms with Gasteiger partial charge in [-0.2, -0.15) is 5.10 Å². The van der Waals surface area contributed by atoms with Gasteiger partial charge in [0, 0.05) is 10.5 Å². The fourth-order valence-electron chi connectivity index (χ4n) is 1.92. The molecule has 0 fully saturated rings. The standard InChI is InChI=1S/C13H14BrCl2N3/c1-7(2)19-13(11(16)6-18-19)12(17)8-3-4-9(14)10(15)5-8/h3-7,12H,17H2,1-2H3. The van der Waals surface area contributed by atoms with Crippen LogP contribution in [0.4, 0.5) is 0 Å². The number of benzene rings is 1. The molecule has 1 aromatic carbocycles. The molecule has 0 aliphatic carbocycles. The molecule has 1 aromatic heterocycles. The molecule has 1 heterocycles. The third-order valence-corrected chi connectivity index (χ3v) is 4.40. The second-order valence-electron chi connectivity index (χ2n) is 4.57. The minimum Gasteiger partial charge on any atom is -0.319 e. The van der Waals surface area contributed by atoms with Gasteiger partial charge >= 0.3 is 0 Å². The molecule has 2 rings (SSSR count). The molecule has 0 aliphatic rings. The van der Waals surface area contributed by atoms with E-state index in [2.05, 4.69) is 21.0 Å². The van der Waals surface area contributed by atoms with Crippen LogP contribution in [0.5, 0.6) is 0 Å². The van der Waals surface area contributed by atoms with E-state index in [-0.39, 0.29) is 12.1 Å². The second kappa shape index (κ2) is 5.83. The van der Waals surface area contributed by atoms with Gasteiger partial charge in [-0.3, -0.25) is 4.68 Å². The van der Waals surface area contributed by atoms with Crippen LogP contribution >= 0.6 is 39.1 Å². The van der Waals surface area contributed by atoms with E-state index in [4.69, 9.17) is 28.9 Å². The Balaban J connectivity index is 2.46. The van der Waals surface area contributed by atoms with E-state index in [0.29, 0.717) is 10.0 Å². The molecule has 0 amide bonds. The first-order valence-corrected chi connectivity index (χ1v) is 7.40. The summed E-state index contributed by atoms with van der Waals surface area (Å²) in [6.07, 6.45) is 1.62. The summed E-state index contributed by atoms with van der Waals surface area (Å²) in [4.78, 5) is 0. The largest absolute Gasteiger partial charge is 0.319 e. The molecule has 2 N–H and O–H groups in total. The molecule has 2 aromatic rings. The molecule has 0 spiro atoms. The fraction of sp³-hybridized carbons (Fsp3) is 0.308. The van der Waals surface area contributed by atoms with Crippen molar-refractivity contribution < 1.29 is 0 Å². The quantitative estimate of drug-likeness (QED) is 0.868. The van der Waals surface area contributed by atoms with E-state index in [9.17, 15) is 0 Å². The Bertz CT molecular complexity index is 596. The molecule has 0 saturated carbocycles. The average molecular weight is 363 g/mol. The van der Waals surface area contributed by atoms with Crippen molar-refractivity contribution >= 4 is 39.1 Å². The Hall–Kier alpha value is -0.550. The normalized spacial score (nSPS) is 13.0. The number of nitrogens with zero attached hydrogens (tertiary/aromatic N) is 2. The SMILES string of the molecule is CC(C)n1ncc(Cl)c1C(N)c1ccc(Br)c(Cl)c1. The molecule has 0 radical (unpaired) electrons. The summed E-state index contributed by atoms with van der Waals surface area (Å²) in [6, 6.07) is 5.47. The zero-order valence-corrected chi connectivity index (χ0v) is 13.7. The van der Waals surface area contributed by atoms with Crippen molar-refractivity contribution in [2.24, 2.45) is 5.73 Å². The van der Waals surface area contributed by atoms with Crippen LogP contribution in [-0.4, -0.2) is 9.78 Å². The van der Waals surface area contributed by atoms with E-state index in [1.54, 1.807) is 6.20 Å². The van der Waals surface area contributed by atoms with Gasteiger partial charge in [0.1, 0.15) is 0 Å². The summed E-state index contributed by atoms with van der Waals surface area (Å²) in [5, 5.41) is 5.46. The highest BCUT2D eigenvalue weighted by Crippen LogP contribution is 2.31. The molecule has 0 bridgehead atoms. The number of nitrogens with two attached hydrogens (primary N) is 1. The smallest absolute Gasteiger partial charge is 0.0837 e. The van der Waals surface area contributed by atoms with Crippen molar-refractivity contribution in [3.8, 4) is 0 Å². The highest BCUT2D eigenvalue weighted by atomic mass is 79.9. The summed E-state index contributed by atoms with van der Waals surface area (Å²) >= 11 is 15.7. The molecule has 0 aliphatic heterocycles. The average Bonchev–Trinajstić information content (AvgIpc) is 2.74. The van der Waals surface area contributed by atoms with Crippen molar-refractivity contribution in [2.75, 3.05) is 0 Å². The Kier molecular flexibility index (Phi) is 4.56. The lowest BCUT2D eigenvalue weighted by Crippen LogP contribution is -2.19. The maximum absolute atomic E-state index is 6.30. The maximum atomic E-state index is 6.30. The summed E-state index contributed by atoms with van der Waals surface area (Å²) in [7, 11) is 0. The molecular formula is C13H14BrCl2N3. The van der Waals surface area contributed by atoms with Crippen LogP contribution in [0.2, 0.25) is 10.0 Å². The molecule has 3 nitrogen and oxygen atoms in total. The van der Waals surface area contributed by atoms with E-state index >= 15 is 0 Å². The van der Waals surface area contributed by atoms with E-state index in [1.165, 1.54) is 0 Å². The van der Waals surface area contributed by atoms with E-state index in [0.717, 1.165) is 15.7 Å².